The van der Waals surface area contributed by atoms with Crippen LogP contribution in [-0.2, 0) is 0 Å². The maximum atomic E-state index is 9.94. The van der Waals surface area contributed by atoms with E-state index in [9.17, 15) is 5.11 Å². The number of benzene rings is 1. The zero-order valence-electron chi connectivity index (χ0n) is 12.6. The van der Waals surface area contributed by atoms with Gasteiger partial charge in [0.05, 0.1) is 5.02 Å². The number of aliphatic hydroxyl groups is 1. The molecule has 4 nitrogen and oxygen atoms in total. The lowest BCUT2D eigenvalue weighted by Crippen LogP contribution is -2.41. The molecule has 2 atom stereocenters. The van der Waals surface area contributed by atoms with E-state index in [1.807, 2.05) is 12.1 Å². The number of hydrogen-bond donors (Lipinski definition) is 2. The molecule has 0 saturated carbocycles. The SMILES string of the molecule is CC(CNCC(O)COc1ccccc1Cl)N1CCCC1. The van der Waals surface area contributed by atoms with Crippen LogP contribution < -0.4 is 10.1 Å². The van der Waals surface area contributed by atoms with Gasteiger partial charge in [-0.3, -0.25) is 4.90 Å². The van der Waals surface area contributed by atoms with Gasteiger partial charge in [0.15, 0.2) is 0 Å². The van der Waals surface area contributed by atoms with Gasteiger partial charge in [0.25, 0.3) is 0 Å². The van der Waals surface area contributed by atoms with Gasteiger partial charge in [-0.25, -0.2) is 0 Å². The van der Waals surface area contributed by atoms with Crippen molar-refractivity contribution in [3.63, 3.8) is 0 Å². The summed E-state index contributed by atoms with van der Waals surface area (Å²) >= 11 is 6.00. The van der Waals surface area contributed by atoms with E-state index in [1.165, 1.54) is 25.9 Å². The molecule has 21 heavy (non-hydrogen) atoms. The average Bonchev–Trinajstić information content (AvgIpc) is 3.00. The van der Waals surface area contributed by atoms with Gasteiger partial charge in [-0.15, -0.1) is 0 Å². The molecule has 1 aliphatic heterocycles. The van der Waals surface area contributed by atoms with Crippen LogP contribution in [0.1, 0.15) is 19.8 Å². The Kier molecular flexibility index (Phi) is 6.77. The summed E-state index contributed by atoms with van der Waals surface area (Å²) in [5.41, 5.74) is 0. The third-order valence-corrected chi connectivity index (χ3v) is 4.16. The van der Waals surface area contributed by atoms with Crippen molar-refractivity contribution in [2.45, 2.75) is 31.9 Å². The van der Waals surface area contributed by atoms with Crippen LogP contribution in [-0.4, -0.2) is 54.9 Å². The van der Waals surface area contributed by atoms with Crippen LogP contribution in [0.2, 0.25) is 5.02 Å². The Hall–Kier alpha value is -0.810. The monoisotopic (exact) mass is 312 g/mol. The normalized spacial score (nSPS) is 18.6. The van der Waals surface area contributed by atoms with Gasteiger partial charge in [-0.05, 0) is 45.0 Å². The van der Waals surface area contributed by atoms with Crippen molar-refractivity contribution in [1.29, 1.82) is 0 Å². The van der Waals surface area contributed by atoms with Crippen LogP contribution in [0.5, 0.6) is 5.75 Å². The van der Waals surface area contributed by atoms with Gasteiger partial charge >= 0.3 is 0 Å². The first-order valence-corrected chi connectivity index (χ1v) is 8.05. The van der Waals surface area contributed by atoms with Crippen molar-refractivity contribution in [3.8, 4) is 5.75 Å². The molecule has 0 amide bonds. The van der Waals surface area contributed by atoms with Crippen LogP contribution in [0.4, 0.5) is 0 Å². The molecule has 118 valence electrons. The largest absolute Gasteiger partial charge is 0.489 e. The van der Waals surface area contributed by atoms with E-state index in [-0.39, 0.29) is 6.61 Å². The Morgan fingerprint density at radius 2 is 2.00 bits per heavy atom. The first kappa shape index (κ1) is 16.6. The van der Waals surface area contributed by atoms with Crippen LogP contribution in [0.15, 0.2) is 24.3 Å². The molecule has 1 aromatic carbocycles. The number of halogens is 1. The number of hydrogen-bond acceptors (Lipinski definition) is 4. The maximum Gasteiger partial charge on any atom is 0.138 e. The number of ether oxygens (including phenoxy) is 1. The predicted molar refractivity (Wildman–Crippen MR) is 86.1 cm³/mol. The molecular formula is C16H25ClN2O2. The van der Waals surface area contributed by atoms with E-state index in [4.69, 9.17) is 16.3 Å². The third kappa shape index (κ3) is 5.47. The van der Waals surface area contributed by atoms with Crippen molar-refractivity contribution < 1.29 is 9.84 Å². The molecule has 1 aromatic rings. The Balaban J connectivity index is 1.61. The van der Waals surface area contributed by atoms with Crippen LogP contribution in [0.25, 0.3) is 0 Å². The Labute approximate surface area is 132 Å². The van der Waals surface area contributed by atoms with Gasteiger partial charge in [-0.2, -0.15) is 0 Å². The van der Waals surface area contributed by atoms with Gasteiger partial charge in [0, 0.05) is 19.1 Å². The Morgan fingerprint density at radius 1 is 1.29 bits per heavy atom. The molecule has 0 spiro atoms. The van der Waals surface area contributed by atoms with E-state index >= 15 is 0 Å². The zero-order valence-corrected chi connectivity index (χ0v) is 13.4. The van der Waals surface area contributed by atoms with Crippen LogP contribution >= 0.6 is 11.6 Å². The maximum absolute atomic E-state index is 9.94. The number of rotatable bonds is 8. The minimum absolute atomic E-state index is 0.245. The average molecular weight is 313 g/mol. The van der Waals surface area contributed by atoms with E-state index in [0.29, 0.717) is 23.4 Å². The van der Waals surface area contributed by atoms with Crippen molar-refractivity contribution in [2.75, 3.05) is 32.8 Å². The molecule has 0 bridgehead atoms. The number of para-hydroxylation sites is 1. The highest BCUT2D eigenvalue weighted by Gasteiger charge is 2.17. The highest BCUT2D eigenvalue weighted by molar-refractivity contribution is 6.32. The second-order valence-corrected chi connectivity index (χ2v) is 6.05. The van der Waals surface area contributed by atoms with Crippen molar-refractivity contribution >= 4 is 11.6 Å². The second-order valence-electron chi connectivity index (χ2n) is 5.65. The number of nitrogens with one attached hydrogen (secondary N) is 1. The minimum Gasteiger partial charge on any atom is -0.489 e. The van der Waals surface area contributed by atoms with Gasteiger partial charge in [0.1, 0.15) is 18.5 Å². The molecule has 0 aromatic heterocycles. The Morgan fingerprint density at radius 3 is 2.71 bits per heavy atom. The van der Waals surface area contributed by atoms with Gasteiger partial charge < -0.3 is 15.2 Å². The molecule has 2 rings (SSSR count). The molecule has 0 aliphatic carbocycles. The standard InChI is InChI=1S/C16H25ClN2O2/c1-13(19-8-4-5-9-19)10-18-11-14(20)12-21-16-7-3-2-6-15(16)17/h2-3,6-7,13-14,18,20H,4-5,8-12H2,1H3. The van der Waals surface area contributed by atoms with Crippen molar-refractivity contribution in [2.24, 2.45) is 0 Å². The molecule has 1 saturated heterocycles. The highest BCUT2D eigenvalue weighted by atomic mass is 35.5. The number of likely N-dealkylation sites (tertiary alicyclic amines) is 1. The van der Waals surface area contributed by atoms with Crippen LogP contribution in [0.3, 0.4) is 0 Å². The van der Waals surface area contributed by atoms with Gasteiger partial charge in [-0.1, -0.05) is 23.7 Å². The lowest BCUT2D eigenvalue weighted by Gasteiger charge is -2.24. The summed E-state index contributed by atoms with van der Waals surface area (Å²) in [6.45, 7) is 6.29. The summed E-state index contributed by atoms with van der Waals surface area (Å²) in [4.78, 5) is 2.49. The quantitative estimate of drug-likeness (QED) is 0.772. The lowest BCUT2D eigenvalue weighted by atomic mass is 10.3. The predicted octanol–water partition coefficient (Wildman–Crippen LogP) is 2.15. The van der Waals surface area contributed by atoms with Crippen LogP contribution in [0, 0.1) is 0 Å². The molecule has 0 radical (unpaired) electrons. The first-order chi connectivity index (χ1) is 10.2. The number of nitrogens with zero attached hydrogens (tertiary/aromatic N) is 1. The summed E-state index contributed by atoms with van der Waals surface area (Å²) in [6.07, 6.45) is 2.07. The highest BCUT2D eigenvalue weighted by Crippen LogP contribution is 2.23. The molecule has 2 N–H and O–H groups in total. The smallest absolute Gasteiger partial charge is 0.138 e. The van der Waals surface area contributed by atoms with Crippen molar-refractivity contribution in [3.05, 3.63) is 29.3 Å². The topological polar surface area (TPSA) is 44.7 Å². The first-order valence-electron chi connectivity index (χ1n) is 7.67. The lowest BCUT2D eigenvalue weighted by molar-refractivity contribution is 0.104. The zero-order chi connectivity index (χ0) is 15.1. The number of aliphatic hydroxyl groups excluding tert-OH is 1. The summed E-state index contributed by atoms with van der Waals surface area (Å²) < 4.78 is 5.52. The fourth-order valence-electron chi connectivity index (χ4n) is 2.58. The van der Waals surface area contributed by atoms with E-state index in [1.54, 1.807) is 12.1 Å². The summed E-state index contributed by atoms with van der Waals surface area (Å²) in [5.74, 6) is 0.614. The molecule has 1 heterocycles. The summed E-state index contributed by atoms with van der Waals surface area (Å²) in [6, 6.07) is 7.82. The van der Waals surface area contributed by atoms with E-state index < -0.39 is 6.10 Å². The molecule has 5 heteroatoms. The summed E-state index contributed by atoms with van der Waals surface area (Å²) in [7, 11) is 0. The molecule has 1 fully saturated rings. The van der Waals surface area contributed by atoms with E-state index in [0.717, 1.165) is 6.54 Å². The molecule has 2 unspecified atom stereocenters. The summed E-state index contributed by atoms with van der Waals surface area (Å²) in [5, 5.41) is 13.8. The fraction of sp³-hybridized carbons (Fsp3) is 0.625. The second kappa shape index (κ2) is 8.59. The molecule has 1 aliphatic rings. The van der Waals surface area contributed by atoms with E-state index in [2.05, 4.69) is 17.1 Å². The minimum atomic E-state index is -0.535. The fourth-order valence-corrected chi connectivity index (χ4v) is 2.77. The van der Waals surface area contributed by atoms with Gasteiger partial charge in [0.2, 0.25) is 0 Å². The Bertz CT molecular complexity index is 424. The third-order valence-electron chi connectivity index (χ3n) is 3.85. The molecular weight excluding hydrogens is 288 g/mol. The van der Waals surface area contributed by atoms with Crippen molar-refractivity contribution in [1.82, 2.24) is 10.2 Å².